The molecule has 1 unspecified atom stereocenters. The van der Waals surface area contributed by atoms with Crippen molar-refractivity contribution in [3.8, 4) is 6.07 Å². The Morgan fingerprint density at radius 2 is 2.19 bits per heavy atom. The van der Waals surface area contributed by atoms with Crippen LogP contribution < -0.4 is 4.90 Å². The summed E-state index contributed by atoms with van der Waals surface area (Å²) in [5, 5.41) is 9.62. The molecule has 1 atom stereocenters. The molecule has 0 bridgehead atoms. The van der Waals surface area contributed by atoms with Crippen molar-refractivity contribution in [2.24, 2.45) is 5.92 Å². The molecule has 2 nitrogen and oxygen atoms in total. The van der Waals surface area contributed by atoms with Gasteiger partial charge in [0.25, 0.3) is 0 Å². The molecule has 0 aliphatic carbocycles. The fourth-order valence-corrected chi connectivity index (χ4v) is 2.44. The quantitative estimate of drug-likeness (QED) is 0.773. The molecule has 0 saturated carbocycles. The SMILES string of the molecule is CC(C#N)CN(C)c1ccc(Br)cc1CBr. The second-order valence-corrected chi connectivity index (χ2v) is 5.29. The summed E-state index contributed by atoms with van der Waals surface area (Å²) in [5.74, 6) is 0.0387. The van der Waals surface area contributed by atoms with Gasteiger partial charge in [-0.3, -0.25) is 0 Å². The molecule has 0 spiro atoms. The Kier molecular flexibility index (Phi) is 5.30. The largest absolute Gasteiger partial charge is 0.373 e. The molecule has 1 rings (SSSR count). The van der Waals surface area contributed by atoms with Gasteiger partial charge in [-0.1, -0.05) is 31.9 Å². The van der Waals surface area contributed by atoms with Gasteiger partial charge >= 0.3 is 0 Å². The second-order valence-electron chi connectivity index (χ2n) is 3.82. The molecule has 0 heterocycles. The predicted octanol–water partition coefficient (Wildman–Crippen LogP) is 3.94. The smallest absolute Gasteiger partial charge is 0.0671 e. The summed E-state index contributed by atoms with van der Waals surface area (Å²) in [7, 11) is 2.02. The van der Waals surface area contributed by atoms with E-state index in [1.54, 1.807) is 0 Å². The number of benzene rings is 1. The van der Waals surface area contributed by atoms with Gasteiger partial charge in [0.05, 0.1) is 12.0 Å². The number of alkyl halides is 1. The normalized spacial score (nSPS) is 11.9. The van der Waals surface area contributed by atoms with Crippen molar-refractivity contribution >= 4 is 37.5 Å². The van der Waals surface area contributed by atoms with Crippen LogP contribution in [0, 0.1) is 17.2 Å². The van der Waals surface area contributed by atoms with E-state index in [0.29, 0.717) is 0 Å². The lowest BCUT2D eigenvalue weighted by molar-refractivity contribution is 0.715. The molecular formula is C12H14Br2N2. The molecule has 0 aliphatic rings. The van der Waals surface area contributed by atoms with Crippen LogP contribution in [0.1, 0.15) is 12.5 Å². The van der Waals surface area contributed by atoms with Gasteiger partial charge in [0, 0.05) is 29.1 Å². The number of hydrogen-bond acceptors (Lipinski definition) is 2. The van der Waals surface area contributed by atoms with Crippen LogP contribution in [0.15, 0.2) is 22.7 Å². The third-order valence-corrected chi connectivity index (χ3v) is 3.46. The van der Waals surface area contributed by atoms with Gasteiger partial charge in [-0.25, -0.2) is 0 Å². The van der Waals surface area contributed by atoms with Crippen LogP contribution in [0.2, 0.25) is 0 Å². The number of hydrogen-bond donors (Lipinski definition) is 0. The second kappa shape index (κ2) is 6.27. The zero-order valence-corrected chi connectivity index (χ0v) is 12.5. The van der Waals surface area contributed by atoms with Crippen molar-refractivity contribution < 1.29 is 0 Å². The third kappa shape index (κ3) is 3.50. The number of halogens is 2. The first-order valence-electron chi connectivity index (χ1n) is 5.03. The molecule has 1 aromatic rings. The Hall–Kier alpha value is -0.530. The first-order valence-corrected chi connectivity index (χ1v) is 6.95. The third-order valence-electron chi connectivity index (χ3n) is 2.36. The van der Waals surface area contributed by atoms with E-state index < -0.39 is 0 Å². The highest BCUT2D eigenvalue weighted by Gasteiger charge is 2.10. The van der Waals surface area contributed by atoms with Crippen LogP contribution in [0.5, 0.6) is 0 Å². The summed E-state index contributed by atoms with van der Waals surface area (Å²) >= 11 is 6.94. The van der Waals surface area contributed by atoms with Crippen LogP contribution in [-0.4, -0.2) is 13.6 Å². The lowest BCUT2D eigenvalue weighted by atomic mass is 10.1. The minimum absolute atomic E-state index is 0.0387. The van der Waals surface area contributed by atoms with Crippen LogP contribution in [0.4, 0.5) is 5.69 Å². The average molecular weight is 346 g/mol. The van der Waals surface area contributed by atoms with Gasteiger partial charge in [-0.2, -0.15) is 5.26 Å². The Balaban J connectivity index is 2.91. The molecule has 0 amide bonds. The highest BCUT2D eigenvalue weighted by molar-refractivity contribution is 9.10. The minimum atomic E-state index is 0.0387. The highest BCUT2D eigenvalue weighted by atomic mass is 79.9. The van der Waals surface area contributed by atoms with E-state index >= 15 is 0 Å². The van der Waals surface area contributed by atoms with Gasteiger partial charge in [-0.15, -0.1) is 0 Å². The van der Waals surface area contributed by atoms with E-state index in [0.717, 1.165) is 16.3 Å². The average Bonchev–Trinajstić information content (AvgIpc) is 2.28. The van der Waals surface area contributed by atoms with Gasteiger partial charge in [0.15, 0.2) is 0 Å². The maximum absolute atomic E-state index is 8.81. The van der Waals surface area contributed by atoms with E-state index in [-0.39, 0.29) is 5.92 Å². The van der Waals surface area contributed by atoms with E-state index in [1.807, 2.05) is 20.0 Å². The van der Waals surface area contributed by atoms with Crippen molar-refractivity contribution in [3.05, 3.63) is 28.2 Å². The number of anilines is 1. The van der Waals surface area contributed by atoms with Crippen LogP contribution >= 0.6 is 31.9 Å². The Morgan fingerprint density at radius 1 is 1.50 bits per heavy atom. The Morgan fingerprint density at radius 3 is 2.75 bits per heavy atom. The standard InChI is InChI=1S/C12H14Br2N2/c1-9(7-15)8-16(2)12-4-3-11(14)5-10(12)6-13/h3-5,9H,6,8H2,1-2H3. The molecular weight excluding hydrogens is 332 g/mol. The molecule has 86 valence electrons. The van der Waals surface area contributed by atoms with Gasteiger partial charge in [-0.05, 0) is 30.7 Å². The molecule has 1 aromatic carbocycles. The van der Waals surface area contributed by atoms with Crippen molar-refractivity contribution in [3.63, 3.8) is 0 Å². The minimum Gasteiger partial charge on any atom is -0.373 e. The van der Waals surface area contributed by atoms with E-state index in [1.165, 1.54) is 11.3 Å². The fraction of sp³-hybridized carbons (Fsp3) is 0.417. The first kappa shape index (κ1) is 13.5. The van der Waals surface area contributed by atoms with Crippen molar-refractivity contribution in [2.75, 3.05) is 18.5 Å². The maximum atomic E-state index is 8.81. The molecule has 0 aliphatic heterocycles. The van der Waals surface area contributed by atoms with E-state index in [9.17, 15) is 0 Å². The number of rotatable bonds is 4. The first-order chi connectivity index (χ1) is 7.58. The molecule has 16 heavy (non-hydrogen) atoms. The molecule has 4 heteroatoms. The van der Waals surface area contributed by atoms with Crippen molar-refractivity contribution in [2.45, 2.75) is 12.3 Å². The number of nitrogens with zero attached hydrogens (tertiary/aromatic N) is 2. The Labute approximate surface area is 114 Å². The summed E-state index contributed by atoms with van der Waals surface area (Å²) in [5.41, 5.74) is 2.39. The summed E-state index contributed by atoms with van der Waals surface area (Å²) in [4.78, 5) is 2.12. The monoisotopic (exact) mass is 344 g/mol. The summed E-state index contributed by atoms with van der Waals surface area (Å²) in [6.07, 6.45) is 0. The zero-order chi connectivity index (χ0) is 12.1. The van der Waals surface area contributed by atoms with Gasteiger partial charge in [0.2, 0.25) is 0 Å². The fourth-order valence-electron chi connectivity index (χ4n) is 1.58. The molecule has 0 saturated heterocycles. The van der Waals surface area contributed by atoms with Crippen LogP contribution in [0.25, 0.3) is 0 Å². The summed E-state index contributed by atoms with van der Waals surface area (Å²) in [6.45, 7) is 2.68. The van der Waals surface area contributed by atoms with Gasteiger partial charge < -0.3 is 4.90 Å². The van der Waals surface area contributed by atoms with Crippen molar-refractivity contribution in [1.82, 2.24) is 0 Å². The molecule has 0 N–H and O–H groups in total. The van der Waals surface area contributed by atoms with Crippen molar-refractivity contribution in [1.29, 1.82) is 5.26 Å². The topological polar surface area (TPSA) is 27.0 Å². The van der Waals surface area contributed by atoms with E-state index in [4.69, 9.17) is 5.26 Å². The van der Waals surface area contributed by atoms with Crippen LogP contribution in [-0.2, 0) is 5.33 Å². The lowest BCUT2D eigenvalue weighted by Crippen LogP contribution is -2.24. The Bertz CT molecular complexity index is 398. The van der Waals surface area contributed by atoms with Crippen LogP contribution in [0.3, 0.4) is 0 Å². The molecule has 0 aromatic heterocycles. The maximum Gasteiger partial charge on any atom is 0.0671 e. The lowest BCUT2D eigenvalue weighted by Gasteiger charge is -2.23. The predicted molar refractivity (Wildman–Crippen MR) is 74.8 cm³/mol. The van der Waals surface area contributed by atoms with Gasteiger partial charge in [0.1, 0.15) is 0 Å². The summed E-state index contributed by atoms with van der Waals surface area (Å²) < 4.78 is 1.08. The van der Waals surface area contributed by atoms with E-state index in [2.05, 4.69) is 55.0 Å². The molecule has 0 radical (unpaired) electrons. The zero-order valence-electron chi connectivity index (χ0n) is 9.37. The summed E-state index contributed by atoms with van der Waals surface area (Å²) in [6, 6.07) is 8.44. The number of nitriles is 1. The highest BCUT2D eigenvalue weighted by Crippen LogP contribution is 2.26. The molecule has 0 fully saturated rings.